The zero-order valence-corrected chi connectivity index (χ0v) is 15.1. The number of hydrogen-bond donors (Lipinski definition) is 2. The highest BCUT2D eigenvalue weighted by molar-refractivity contribution is 6.42. The standard InChI is InChI=1S/C20H17Cl2NO2/c1-10-12(20(24)25)6-7-15-13-3-2-4-14(13)19(23-18(10)15)11-5-8-16(21)17(22)9-11/h2-3,5-9,13-14,19,23H,4H2,1H3,(H,24,25)/t13-,14+,19+/m1/s1. The summed E-state index contributed by atoms with van der Waals surface area (Å²) >= 11 is 12.3. The molecule has 2 N–H and O–H groups in total. The number of benzene rings is 2. The Hall–Kier alpha value is -1.97. The molecule has 5 heteroatoms. The lowest BCUT2D eigenvalue weighted by molar-refractivity contribution is 0.0696. The molecule has 1 heterocycles. The number of fused-ring (bicyclic) bond motifs is 3. The molecule has 128 valence electrons. The Morgan fingerprint density at radius 2 is 2.00 bits per heavy atom. The number of hydrogen-bond acceptors (Lipinski definition) is 2. The molecule has 0 amide bonds. The monoisotopic (exact) mass is 373 g/mol. The van der Waals surface area contributed by atoms with Crippen molar-refractivity contribution in [3.63, 3.8) is 0 Å². The Morgan fingerprint density at radius 1 is 1.20 bits per heavy atom. The van der Waals surface area contributed by atoms with Crippen LogP contribution in [0.4, 0.5) is 5.69 Å². The van der Waals surface area contributed by atoms with Crippen LogP contribution in [0, 0.1) is 12.8 Å². The zero-order chi connectivity index (χ0) is 17.7. The summed E-state index contributed by atoms with van der Waals surface area (Å²) in [5.74, 6) is -0.255. The fourth-order valence-corrected chi connectivity index (χ4v) is 4.39. The number of rotatable bonds is 2. The van der Waals surface area contributed by atoms with E-state index in [0.29, 0.717) is 21.5 Å². The molecule has 2 aliphatic rings. The third-order valence-corrected chi connectivity index (χ3v) is 6.07. The van der Waals surface area contributed by atoms with E-state index in [2.05, 4.69) is 17.5 Å². The van der Waals surface area contributed by atoms with Gasteiger partial charge in [0.05, 0.1) is 21.7 Å². The van der Waals surface area contributed by atoms with Crippen molar-refractivity contribution in [1.82, 2.24) is 0 Å². The second kappa shape index (κ2) is 6.08. The molecule has 1 aliphatic carbocycles. The van der Waals surface area contributed by atoms with Crippen LogP contribution in [-0.4, -0.2) is 11.1 Å². The molecule has 1 aliphatic heterocycles. The Morgan fingerprint density at radius 3 is 2.72 bits per heavy atom. The first-order valence-corrected chi connectivity index (χ1v) is 8.98. The minimum Gasteiger partial charge on any atom is -0.478 e. The van der Waals surface area contributed by atoms with Crippen LogP contribution < -0.4 is 5.32 Å². The van der Waals surface area contributed by atoms with E-state index in [1.807, 2.05) is 31.2 Å². The molecule has 0 saturated carbocycles. The molecule has 2 aromatic carbocycles. The van der Waals surface area contributed by atoms with Gasteiger partial charge in [-0.1, -0.05) is 47.5 Å². The summed E-state index contributed by atoms with van der Waals surface area (Å²) in [6, 6.07) is 9.41. The molecule has 0 saturated heterocycles. The maximum absolute atomic E-state index is 11.5. The number of anilines is 1. The van der Waals surface area contributed by atoms with Crippen molar-refractivity contribution in [2.24, 2.45) is 5.92 Å². The summed E-state index contributed by atoms with van der Waals surface area (Å²) in [6.07, 6.45) is 5.41. The Bertz CT molecular complexity index is 907. The predicted octanol–water partition coefficient (Wildman–Crippen LogP) is 5.83. The van der Waals surface area contributed by atoms with E-state index in [4.69, 9.17) is 23.2 Å². The van der Waals surface area contributed by atoms with Gasteiger partial charge in [-0.05, 0) is 54.2 Å². The molecule has 4 rings (SSSR count). The van der Waals surface area contributed by atoms with E-state index >= 15 is 0 Å². The van der Waals surface area contributed by atoms with Gasteiger partial charge in [-0.25, -0.2) is 4.79 Å². The Kier molecular flexibility index (Phi) is 4.01. The Labute approximate surface area is 156 Å². The number of halogens is 2. The van der Waals surface area contributed by atoms with Crippen LogP contribution in [-0.2, 0) is 0 Å². The average molecular weight is 374 g/mol. The fourth-order valence-electron chi connectivity index (χ4n) is 4.08. The van der Waals surface area contributed by atoms with Crippen molar-refractivity contribution in [1.29, 1.82) is 0 Å². The van der Waals surface area contributed by atoms with Gasteiger partial charge in [0.25, 0.3) is 0 Å². The molecule has 3 nitrogen and oxygen atoms in total. The topological polar surface area (TPSA) is 49.3 Å². The van der Waals surface area contributed by atoms with Gasteiger partial charge < -0.3 is 10.4 Å². The highest BCUT2D eigenvalue weighted by Gasteiger charge is 2.39. The van der Waals surface area contributed by atoms with E-state index in [-0.39, 0.29) is 12.0 Å². The minimum absolute atomic E-state index is 0.0602. The van der Waals surface area contributed by atoms with Gasteiger partial charge in [0, 0.05) is 11.6 Å². The molecule has 25 heavy (non-hydrogen) atoms. The molecule has 0 unspecified atom stereocenters. The predicted molar refractivity (Wildman–Crippen MR) is 101 cm³/mol. The molecule has 0 fully saturated rings. The number of carboxylic acids is 1. The van der Waals surface area contributed by atoms with Gasteiger partial charge in [0.1, 0.15) is 0 Å². The van der Waals surface area contributed by atoms with Crippen LogP contribution in [0.2, 0.25) is 10.0 Å². The van der Waals surface area contributed by atoms with Crippen molar-refractivity contribution < 1.29 is 9.90 Å². The molecule has 2 aromatic rings. The summed E-state index contributed by atoms with van der Waals surface area (Å²) in [7, 11) is 0. The van der Waals surface area contributed by atoms with Crippen LogP contribution in [0.25, 0.3) is 0 Å². The smallest absolute Gasteiger partial charge is 0.336 e. The first kappa shape index (κ1) is 16.5. The van der Waals surface area contributed by atoms with Crippen molar-refractivity contribution >= 4 is 34.9 Å². The largest absolute Gasteiger partial charge is 0.478 e. The lowest BCUT2D eigenvalue weighted by atomic mass is 9.76. The van der Waals surface area contributed by atoms with Crippen molar-refractivity contribution in [2.75, 3.05) is 5.32 Å². The van der Waals surface area contributed by atoms with Gasteiger partial charge in [-0.3, -0.25) is 0 Å². The molecule has 0 bridgehead atoms. The molecule has 0 radical (unpaired) electrons. The van der Waals surface area contributed by atoms with Crippen molar-refractivity contribution in [3.05, 3.63) is 74.8 Å². The van der Waals surface area contributed by atoms with E-state index in [1.165, 1.54) is 0 Å². The number of nitrogens with one attached hydrogen (secondary N) is 1. The number of carboxylic acid groups (broad SMARTS) is 1. The highest BCUT2D eigenvalue weighted by atomic mass is 35.5. The second-order valence-electron chi connectivity index (χ2n) is 6.66. The lowest BCUT2D eigenvalue weighted by Crippen LogP contribution is -2.30. The highest BCUT2D eigenvalue weighted by Crippen LogP contribution is 2.51. The van der Waals surface area contributed by atoms with E-state index in [1.54, 1.807) is 6.07 Å². The van der Waals surface area contributed by atoms with Crippen molar-refractivity contribution in [3.8, 4) is 0 Å². The molecule has 3 atom stereocenters. The van der Waals surface area contributed by atoms with Crippen molar-refractivity contribution in [2.45, 2.75) is 25.3 Å². The van der Waals surface area contributed by atoms with Crippen LogP contribution in [0.1, 0.15) is 45.4 Å². The number of aromatic carboxylic acids is 1. The summed E-state index contributed by atoms with van der Waals surface area (Å²) in [6.45, 7) is 1.86. The summed E-state index contributed by atoms with van der Waals surface area (Å²) < 4.78 is 0. The third-order valence-electron chi connectivity index (χ3n) is 5.33. The van der Waals surface area contributed by atoms with Gasteiger partial charge >= 0.3 is 5.97 Å². The fraction of sp³-hybridized carbons (Fsp3) is 0.250. The normalized spacial score (nSPS) is 23.7. The average Bonchev–Trinajstić information content (AvgIpc) is 3.07. The first-order valence-electron chi connectivity index (χ1n) is 8.22. The molecular formula is C20H17Cl2NO2. The van der Waals surface area contributed by atoms with E-state index < -0.39 is 5.97 Å². The summed E-state index contributed by atoms with van der Waals surface area (Å²) in [5, 5.41) is 14.1. The van der Waals surface area contributed by atoms with Gasteiger partial charge in [-0.15, -0.1) is 0 Å². The van der Waals surface area contributed by atoms with E-state index in [0.717, 1.165) is 28.8 Å². The van der Waals surface area contributed by atoms with Gasteiger partial charge in [0.15, 0.2) is 0 Å². The number of allylic oxidation sites excluding steroid dienone is 2. The zero-order valence-electron chi connectivity index (χ0n) is 13.6. The lowest BCUT2D eigenvalue weighted by Gasteiger charge is -2.38. The summed E-state index contributed by atoms with van der Waals surface area (Å²) in [4.78, 5) is 11.5. The van der Waals surface area contributed by atoms with Crippen LogP contribution in [0.5, 0.6) is 0 Å². The van der Waals surface area contributed by atoms with E-state index in [9.17, 15) is 9.90 Å². The SMILES string of the molecule is Cc1c(C(=O)O)ccc2c1N[C@@H](c1ccc(Cl)c(Cl)c1)[C@H]1CC=C[C@@H]21. The first-order chi connectivity index (χ1) is 12.0. The maximum Gasteiger partial charge on any atom is 0.336 e. The minimum atomic E-state index is -0.905. The Balaban J connectivity index is 1.84. The number of carbonyl (C=O) groups is 1. The van der Waals surface area contributed by atoms with Crippen LogP contribution in [0.15, 0.2) is 42.5 Å². The summed E-state index contributed by atoms with van der Waals surface area (Å²) in [5.41, 5.74) is 4.26. The van der Waals surface area contributed by atoms with Crippen LogP contribution >= 0.6 is 23.2 Å². The molecule has 0 aromatic heterocycles. The third kappa shape index (κ3) is 2.62. The second-order valence-corrected chi connectivity index (χ2v) is 7.47. The maximum atomic E-state index is 11.5. The van der Waals surface area contributed by atoms with Crippen LogP contribution in [0.3, 0.4) is 0 Å². The van der Waals surface area contributed by atoms with Gasteiger partial charge in [0.2, 0.25) is 0 Å². The quantitative estimate of drug-likeness (QED) is 0.651. The molecule has 0 spiro atoms. The van der Waals surface area contributed by atoms with Gasteiger partial charge in [-0.2, -0.15) is 0 Å². The molecular weight excluding hydrogens is 357 g/mol.